The second-order valence-electron chi connectivity index (χ2n) is 4.90. The summed E-state index contributed by atoms with van der Waals surface area (Å²) in [5.41, 5.74) is 3.01. The quantitative estimate of drug-likeness (QED) is 0.916. The average molecular weight is 285 g/mol. The molecule has 0 spiro atoms. The Morgan fingerprint density at radius 2 is 1.94 bits per heavy atom. The number of hydrogen-bond donors (Lipinski definition) is 1. The van der Waals surface area contributed by atoms with Crippen LogP contribution >= 0.6 is 15.9 Å². The third-order valence-electron chi connectivity index (χ3n) is 2.72. The third-order valence-corrected chi connectivity index (χ3v) is 3.77. The SMILES string of the molecule is Cc1cc(C)c(Br)c(C(C)(C)CC(=O)O)c1. The number of hydrogen-bond acceptors (Lipinski definition) is 1. The number of carbonyl (C=O) groups is 1. The van der Waals surface area contributed by atoms with Crippen molar-refractivity contribution >= 4 is 21.9 Å². The Morgan fingerprint density at radius 3 is 2.44 bits per heavy atom. The van der Waals surface area contributed by atoms with Crippen LogP contribution in [0.2, 0.25) is 0 Å². The maximum absolute atomic E-state index is 10.9. The van der Waals surface area contributed by atoms with E-state index in [0.717, 1.165) is 21.2 Å². The van der Waals surface area contributed by atoms with Gasteiger partial charge < -0.3 is 5.11 Å². The first kappa shape index (κ1) is 13.2. The van der Waals surface area contributed by atoms with Crippen LogP contribution < -0.4 is 0 Å². The van der Waals surface area contributed by atoms with Crippen molar-refractivity contribution in [2.45, 2.75) is 39.5 Å². The molecule has 0 atom stereocenters. The number of rotatable bonds is 3. The summed E-state index contributed by atoms with van der Waals surface area (Å²) in [6.07, 6.45) is 0.133. The minimum absolute atomic E-state index is 0.133. The fourth-order valence-corrected chi connectivity index (χ4v) is 2.68. The summed E-state index contributed by atoms with van der Waals surface area (Å²) < 4.78 is 1.02. The molecule has 0 saturated heterocycles. The highest BCUT2D eigenvalue weighted by molar-refractivity contribution is 9.10. The molecular formula is C13H17BrO2. The van der Waals surface area contributed by atoms with Crippen molar-refractivity contribution in [2.24, 2.45) is 0 Å². The topological polar surface area (TPSA) is 37.3 Å². The number of aryl methyl sites for hydroxylation is 2. The molecule has 1 rings (SSSR count). The summed E-state index contributed by atoms with van der Waals surface area (Å²) in [7, 11) is 0. The molecule has 0 unspecified atom stereocenters. The normalized spacial score (nSPS) is 11.6. The van der Waals surface area contributed by atoms with Crippen molar-refractivity contribution in [3.8, 4) is 0 Å². The standard InChI is InChI=1S/C13H17BrO2/c1-8-5-9(2)12(14)10(6-8)13(3,4)7-11(15)16/h5-6H,7H2,1-4H3,(H,15,16). The highest BCUT2D eigenvalue weighted by Gasteiger charge is 2.27. The van der Waals surface area contributed by atoms with Gasteiger partial charge in [0.1, 0.15) is 0 Å². The Kier molecular flexibility index (Phi) is 3.79. The van der Waals surface area contributed by atoms with Gasteiger partial charge >= 0.3 is 5.97 Å². The smallest absolute Gasteiger partial charge is 0.304 e. The second kappa shape index (κ2) is 4.58. The molecule has 0 aliphatic carbocycles. The first-order valence-electron chi connectivity index (χ1n) is 5.23. The number of benzene rings is 1. The molecule has 1 aromatic rings. The van der Waals surface area contributed by atoms with Crippen LogP contribution in [-0.4, -0.2) is 11.1 Å². The van der Waals surface area contributed by atoms with E-state index in [4.69, 9.17) is 5.11 Å². The fourth-order valence-electron chi connectivity index (χ4n) is 1.92. The van der Waals surface area contributed by atoms with Gasteiger partial charge in [-0.15, -0.1) is 0 Å². The molecule has 1 aromatic carbocycles. The van der Waals surface area contributed by atoms with Gasteiger partial charge in [-0.3, -0.25) is 4.79 Å². The molecule has 0 aromatic heterocycles. The Labute approximate surface area is 105 Å². The Hall–Kier alpha value is -0.830. The number of carboxylic acid groups (broad SMARTS) is 1. The van der Waals surface area contributed by atoms with Crippen molar-refractivity contribution in [1.29, 1.82) is 0 Å². The highest BCUT2D eigenvalue weighted by atomic mass is 79.9. The van der Waals surface area contributed by atoms with Gasteiger partial charge in [-0.05, 0) is 25.0 Å². The minimum atomic E-state index is -0.768. The number of aliphatic carboxylic acids is 1. The minimum Gasteiger partial charge on any atom is -0.481 e. The van der Waals surface area contributed by atoms with Crippen molar-refractivity contribution in [3.05, 3.63) is 33.3 Å². The molecule has 3 heteroatoms. The zero-order chi connectivity index (χ0) is 12.5. The Balaban J connectivity index is 3.26. The summed E-state index contributed by atoms with van der Waals surface area (Å²) in [6.45, 7) is 7.97. The zero-order valence-electron chi connectivity index (χ0n) is 10.1. The molecule has 1 N–H and O–H groups in total. The lowest BCUT2D eigenvalue weighted by molar-refractivity contribution is -0.138. The fraction of sp³-hybridized carbons (Fsp3) is 0.462. The zero-order valence-corrected chi connectivity index (χ0v) is 11.7. The van der Waals surface area contributed by atoms with Crippen molar-refractivity contribution in [1.82, 2.24) is 0 Å². The third kappa shape index (κ3) is 2.85. The lowest BCUT2D eigenvalue weighted by atomic mass is 9.80. The molecule has 0 bridgehead atoms. The van der Waals surface area contributed by atoms with E-state index in [-0.39, 0.29) is 11.8 Å². The van der Waals surface area contributed by atoms with E-state index in [2.05, 4.69) is 28.1 Å². The average Bonchev–Trinajstić information content (AvgIpc) is 2.08. The van der Waals surface area contributed by atoms with Gasteiger partial charge in [-0.25, -0.2) is 0 Å². The molecule has 2 nitrogen and oxygen atoms in total. The number of carboxylic acids is 1. The predicted molar refractivity (Wildman–Crippen MR) is 68.9 cm³/mol. The molecule has 0 saturated carbocycles. The summed E-state index contributed by atoms with van der Waals surface area (Å²) in [5, 5.41) is 8.92. The summed E-state index contributed by atoms with van der Waals surface area (Å²) >= 11 is 3.55. The van der Waals surface area contributed by atoms with Crippen LogP contribution in [0.15, 0.2) is 16.6 Å². The van der Waals surface area contributed by atoms with E-state index in [0.29, 0.717) is 0 Å². The van der Waals surface area contributed by atoms with Crippen LogP contribution in [0.25, 0.3) is 0 Å². The summed E-state index contributed by atoms with van der Waals surface area (Å²) in [6, 6.07) is 4.14. The maximum Gasteiger partial charge on any atom is 0.304 e. The molecule has 0 aliphatic rings. The van der Waals surface area contributed by atoms with E-state index in [1.54, 1.807) is 0 Å². The van der Waals surface area contributed by atoms with Crippen molar-refractivity contribution in [3.63, 3.8) is 0 Å². The van der Waals surface area contributed by atoms with Gasteiger partial charge in [0.2, 0.25) is 0 Å². The molecule has 88 valence electrons. The monoisotopic (exact) mass is 284 g/mol. The largest absolute Gasteiger partial charge is 0.481 e. The Morgan fingerprint density at radius 1 is 1.38 bits per heavy atom. The highest BCUT2D eigenvalue weighted by Crippen LogP contribution is 2.35. The second-order valence-corrected chi connectivity index (χ2v) is 5.69. The van der Waals surface area contributed by atoms with E-state index < -0.39 is 5.97 Å². The molecule has 16 heavy (non-hydrogen) atoms. The van der Waals surface area contributed by atoms with Gasteiger partial charge in [-0.2, -0.15) is 0 Å². The molecule has 0 amide bonds. The first-order chi connectivity index (χ1) is 7.24. The summed E-state index contributed by atoms with van der Waals surface area (Å²) in [5.74, 6) is -0.768. The maximum atomic E-state index is 10.9. The molecular weight excluding hydrogens is 268 g/mol. The summed E-state index contributed by atoms with van der Waals surface area (Å²) in [4.78, 5) is 10.9. The van der Waals surface area contributed by atoms with Gasteiger partial charge in [-0.1, -0.05) is 47.5 Å². The van der Waals surface area contributed by atoms with Gasteiger partial charge in [0.15, 0.2) is 0 Å². The van der Waals surface area contributed by atoms with Gasteiger partial charge in [0.25, 0.3) is 0 Å². The van der Waals surface area contributed by atoms with Gasteiger partial charge in [0, 0.05) is 9.89 Å². The van der Waals surface area contributed by atoms with Crippen LogP contribution in [0.1, 0.15) is 37.0 Å². The number of halogens is 1. The van der Waals surface area contributed by atoms with E-state index in [9.17, 15) is 4.79 Å². The molecule has 0 heterocycles. The van der Waals surface area contributed by atoms with E-state index in [1.165, 1.54) is 0 Å². The van der Waals surface area contributed by atoms with E-state index in [1.807, 2.05) is 27.7 Å². The van der Waals surface area contributed by atoms with Gasteiger partial charge in [0.05, 0.1) is 6.42 Å². The van der Waals surface area contributed by atoms with E-state index >= 15 is 0 Å². The molecule has 0 aliphatic heterocycles. The Bertz CT molecular complexity index is 422. The first-order valence-corrected chi connectivity index (χ1v) is 6.02. The van der Waals surface area contributed by atoms with Crippen LogP contribution in [0, 0.1) is 13.8 Å². The van der Waals surface area contributed by atoms with Crippen LogP contribution in [-0.2, 0) is 10.2 Å². The molecule has 0 fully saturated rings. The van der Waals surface area contributed by atoms with Crippen LogP contribution in [0.5, 0.6) is 0 Å². The van der Waals surface area contributed by atoms with Crippen molar-refractivity contribution in [2.75, 3.05) is 0 Å². The van der Waals surface area contributed by atoms with Crippen LogP contribution in [0.4, 0.5) is 0 Å². The molecule has 0 radical (unpaired) electrons. The van der Waals surface area contributed by atoms with Crippen molar-refractivity contribution < 1.29 is 9.90 Å². The predicted octanol–water partition coefficient (Wildman–Crippen LogP) is 3.82. The lowest BCUT2D eigenvalue weighted by Crippen LogP contribution is -2.22. The van der Waals surface area contributed by atoms with Crippen LogP contribution in [0.3, 0.4) is 0 Å². The lowest BCUT2D eigenvalue weighted by Gasteiger charge is -2.26.